The molecule has 0 aromatic heterocycles. The molecular formula is C18H33NO3. The summed E-state index contributed by atoms with van der Waals surface area (Å²) in [5.41, 5.74) is 0. The van der Waals surface area contributed by atoms with Crippen molar-refractivity contribution in [3.63, 3.8) is 0 Å². The third-order valence-corrected chi connectivity index (χ3v) is 4.86. The highest BCUT2D eigenvalue weighted by molar-refractivity contribution is 5.84. The molecule has 1 aliphatic heterocycles. The molecule has 4 nitrogen and oxygen atoms in total. The van der Waals surface area contributed by atoms with Gasteiger partial charge in [0, 0.05) is 12.8 Å². The predicted octanol–water partition coefficient (Wildman–Crippen LogP) is 2.97. The zero-order valence-corrected chi connectivity index (χ0v) is 14.3. The number of aliphatic hydroxyl groups is 1. The lowest BCUT2D eigenvalue weighted by Gasteiger charge is -2.33. The molecule has 1 fully saturated rings. The van der Waals surface area contributed by atoms with Crippen LogP contribution in [0, 0.1) is 5.92 Å². The molecule has 1 aliphatic rings. The number of rotatable bonds is 4. The third-order valence-electron chi connectivity index (χ3n) is 4.86. The van der Waals surface area contributed by atoms with Gasteiger partial charge in [0.15, 0.2) is 5.78 Å². The molecule has 1 heterocycles. The first-order chi connectivity index (χ1) is 10.6. The Kier molecular flexibility index (Phi) is 9.56. The molecule has 0 aromatic carbocycles. The van der Waals surface area contributed by atoms with E-state index in [9.17, 15) is 14.7 Å². The highest BCUT2D eigenvalue weighted by Crippen LogP contribution is 2.20. The molecule has 1 rings (SSSR count). The van der Waals surface area contributed by atoms with Gasteiger partial charge in [-0.15, -0.1) is 0 Å². The van der Waals surface area contributed by atoms with E-state index in [4.69, 9.17) is 0 Å². The normalized spacial score (nSPS) is 26.3. The molecule has 0 saturated carbocycles. The van der Waals surface area contributed by atoms with Gasteiger partial charge in [0.1, 0.15) is 6.29 Å². The SMILES string of the molecule is C[C@H](CC=O)C(O)[C@H]1C(=O)CCCCCCCCCCN1C. The quantitative estimate of drug-likeness (QED) is 0.811. The van der Waals surface area contributed by atoms with Crippen LogP contribution in [0.3, 0.4) is 0 Å². The van der Waals surface area contributed by atoms with Crippen LogP contribution in [-0.4, -0.2) is 47.8 Å². The van der Waals surface area contributed by atoms with E-state index in [2.05, 4.69) is 0 Å². The Bertz CT molecular complexity index is 332. The van der Waals surface area contributed by atoms with Crippen LogP contribution < -0.4 is 0 Å². The second-order valence-electron chi connectivity index (χ2n) is 6.84. The number of aliphatic hydroxyl groups excluding tert-OH is 1. The van der Waals surface area contributed by atoms with Gasteiger partial charge in [0.05, 0.1) is 12.1 Å². The molecule has 0 spiro atoms. The van der Waals surface area contributed by atoms with Crippen LogP contribution in [-0.2, 0) is 9.59 Å². The van der Waals surface area contributed by atoms with Gasteiger partial charge >= 0.3 is 0 Å². The second-order valence-corrected chi connectivity index (χ2v) is 6.84. The Balaban J connectivity index is 2.74. The average molecular weight is 311 g/mol. The molecule has 128 valence electrons. The number of nitrogens with zero attached hydrogens (tertiary/aromatic N) is 1. The van der Waals surface area contributed by atoms with Crippen LogP contribution in [0.2, 0.25) is 0 Å². The lowest BCUT2D eigenvalue weighted by Crippen LogP contribution is -2.50. The van der Waals surface area contributed by atoms with Gasteiger partial charge < -0.3 is 9.90 Å². The largest absolute Gasteiger partial charge is 0.391 e. The van der Waals surface area contributed by atoms with E-state index in [1.165, 1.54) is 32.1 Å². The van der Waals surface area contributed by atoms with Crippen molar-refractivity contribution in [2.45, 2.75) is 83.3 Å². The van der Waals surface area contributed by atoms with Gasteiger partial charge in [-0.05, 0) is 32.4 Å². The maximum absolute atomic E-state index is 12.6. The number of likely N-dealkylation sites (N-methyl/N-ethyl adjacent to an activating group) is 1. The van der Waals surface area contributed by atoms with Gasteiger partial charge in [0.25, 0.3) is 0 Å². The minimum atomic E-state index is -0.757. The topological polar surface area (TPSA) is 57.6 Å². The molecule has 3 atom stereocenters. The molecule has 0 amide bonds. The molecule has 22 heavy (non-hydrogen) atoms. The molecule has 4 heteroatoms. The molecule has 0 radical (unpaired) electrons. The fourth-order valence-corrected chi connectivity index (χ4v) is 3.31. The molecular weight excluding hydrogens is 278 g/mol. The smallest absolute Gasteiger partial charge is 0.152 e. The lowest BCUT2D eigenvalue weighted by molar-refractivity contribution is -0.130. The highest BCUT2D eigenvalue weighted by Gasteiger charge is 2.33. The number of carbonyl (C=O) groups is 2. The Morgan fingerprint density at radius 2 is 1.68 bits per heavy atom. The molecule has 1 N–H and O–H groups in total. The van der Waals surface area contributed by atoms with Crippen molar-refractivity contribution in [2.24, 2.45) is 5.92 Å². The van der Waals surface area contributed by atoms with Crippen LogP contribution in [0.15, 0.2) is 0 Å². The maximum atomic E-state index is 12.6. The first-order valence-corrected chi connectivity index (χ1v) is 8.92. The number of ketones is 1. The van der Waals surface area contributed by atoms with Crippen molar-refractivity contribution >= 4 is 12.1 Å². The fourth-order valence-electron chi connectivity index (χ4n) is 3.31. The van der Waals surface area contributed by atoms with Crippen molar-refractivity contribution in [1.29, 1.82) is 0 Å². The van der Waals surface area contributed by atoms with E-state index in [0.29, 0.717) is 12.8 Å². The molecule has 1 unspecified atom stereocenters. The standard InChI is InChI=1S/C18H33NO3/c1-15(12-14-20)18(22)17-16(21)11-9-7-5-3-4-6-8-10-13-19(17)2/h14-15,17-18,22H,3-13H2,1-2H3/t15-,17-,18?/m1/s1. The van der Waals surface area contributed by atoms with E-state index >= 15 is 0 Å². The first kappa shape index (κ1) is 19.3. The summed E-state index contributed by atoms with van der Waals surface area (Å²) >= 11 is 0. The van der Waals surface area contributed by atoms with Gasteiger partial charge in [-0.1, -0.05) is 45.4 Å². The summed E-state index contributed by atoms with van der Waals surface area (Å²) in [6.45, 7) is 2.68. The summed E-state index contributed by atoms with van der Waals surface area (Å²) in [6, 6.07) is -0.462. The summed E-state index contributed by atoms with van der Waals surface area (Å²) in [7, 11) is 1.93. The van der Waals surface area contributed by atoms with Crippen LogP contribution >= 0.6 is 0 Å². The molecule has 0 aromatic rings. The highest BCUT2D eigenvalue weighted by atomic mass is 16.3. The number of Topliss-reactive ketones (excluding diaryl/α,β-unsaturated/α-hetero) is 1. The zero-order valence-electron chi connectivity index (χ0n) is 14.3. The average Bonchev–Trinajstić information content (AvgIpc) is 2.50. The molecule has 0 aliphatic carbocycles. The Labute approximate surface area is 135 Å². The predicted molar refractivity (Wildman–Crippen MR) is 88.8 cm³/mol. The van der Waals surface area contributed by atoms with Crippen LogP contribution in [0.25, 0.3) is 0 Å². The van der Waals surface area contributed by atoms with Gasteiger partial charge in [0.2, 0.25) is 0 Å². The fraction of sp³-hybridized carbons (Fsp3) is 0.889. The summed E-state index contributed by atoms with van der Waals surface area (Å²) in [4.78, 5) is 25.3. The summed E-state index contributed by atoms with van der Waals surface area (Å²) in [5, 5.41) is 10.6. The summed E-state index contributed by atoms with van der Waals surface area (Å²) in [6.07, 6.45) is 10.2. The monoisotopic (exact) mass is 311 g/mol. The Morgan fingerprint density at radius 1 is 1.14 bits per heavy atom. The van der Waals surface area contributed by atoms with E-state index in [1.807, 2.05) is 18.9 Å². The maximum Gasteiger partial charge on any atom is 0.152 e. The van der Waals surface area contributed by atoms with Crippen molar-refractivity contribution in [3.05, 3.63) is 0 Å². The van der Waals surface area contributed by atoms with Crippen molar-refractivity contribution < 1.29 is 14.7 Å². The van der Waals surface area contributed by atoms with Crippen molar-refractivity contribution in [2.75, 3.05) is 13.6 Å². The van der Waals surface area contributed by atoms with Gasteiger partial charge in [-0.3, -0.25) is 9.69 Å². The van der Waals surface area contributed by atoms with Crippen LogP contribution in [0.4, 0.5) is 0 Å². The van der Waals surface area contributed by atoms with Crippen molar-refractivity contribution in [3.8, 4) is 0 Å². The van der Waals surface area contributed by atoms with Crippen LogP contribution in [0.5, 0.6) is 0 Å². The van der Waals surface area contributed by atoms with Crippen LogP contribution in [0.1, 0.15) is 71.1 Å². The summed E-state index contributed by atoms with van der Waals surface area (Å²) in [5.74, 6) is -0.0448. The zero-order chi connectivity index (χ0) is 16.4. The molecule has 0 bridgehead atoms. The first-order valence-electron chi connectivity index (χ1n) is 8.92. The summed E-state index contributed by atoms with van der Waals surface area (Å²) < 4.78 is 0. The van der Waals surface area contributed by atoms with E-state index < -0.39 is 12.1 Å². The minimum Gasteiger partial charge on any atom is -0.391 e. The number of hydrogen-bond acceptors (Lipinski definition) is 4. The van der Waals surface area contributed by atoms with Gasteiger partial charge in [-0.2, -0.15) is 0 Å². The molecule has 1 saturated heterocycles. The second kappa shape index (κ2) is 10.9. The van der Waals surface area contributed by atoms with E-state index in [0.717, 1.165) is 32.1 Å². The minimum absolute atomic E-state index is 0.131. The van der Waals surface area contributed by atoms with E-state index in [1.54, 1.807) is 0 Å². The Hall–Kier alpha value is -0.740. The number of carbonyl (C=O) groups excluding carboxylic acids is 2. The number of aldehydes is 1. The number of hydrogen-bond donors (Lipinski definition) is 1. The van der Waals surface area contributed by atoms with E-state index in [-0.39, 0.29) is 11.7 Å². The Morgan fingerprint density at radius 3 is 2.27 bits per heavy atom. The lowest BCUT2D eigenvalue weighted by atomic mass is 9.90. The van der Waals surface area contributed by atoms with Crippen molar-refractivity contribution in [1.82, 2.24) is 4.90 Å². The third kappa shape index (κ3) is 6.57. The van der Waals surface area contributed by atoms with Gasteiger partial charge in [-0.25, -0.2) is 0 Å².